The number of hydrogen-bond donors (Lipinski definition) is 2. The number of aliphatic hydroxyl groups is 1. The largest absolute Gasteiger partial charge is 0.387 e. The highest BCUT2D eigenvalue weighted by molar-refractivity contribution is 6.30. The van der Waals surface area contributed by atoms with E-state index in [4.69, 9.17) is 11.6 Å². The highest BCUT2D eigenvalue weighted by Crippen LogP contribution is 2.15. The van der Waals surface area contributed by atoms with Crippen LogP contribution in [0.15, 0.2) is 24.3 Å². The normalized spacial score (nSPS) is 13.0. The van der Waals surface area contributed by atoms with Crippen molar-refractivity contribution in [3.05, 3.63) is 34.9 Å². The minimum absolute atomic E-state index is 0.473. The Balaban J connectivity index is 2.25. The van der Waals surface area contributed by atoms with Crippen molar-refractivity contribution >= 4 is 11.6 Å². The van der Waals surface area contributed by atoms with Crippen molar-refractivity contribution in [2.45, 2.75) is 13.0 Å². The minimum Gasteiger partial charge on any atom is -0.387 e. The van der Waals surface area contributed by atoms with Gasteiger partial charge in [-0.05, 0) is 31.3 Å². The molecular weight excluding hydrogens is 236 g/mol. The summed E-state index contributed by atoms with van der Waals surface area (Å²) in [4.78, 5) is 2.22. The van der Waals surface area contributed by atoms with Crippen LogP contribution in [0.5, 0.6) is 0 Å². The molecule has 0 bridgehead atoms. The van der Waals surface area contributed by atoms with Crippen LogP contribution in [-0.4, -0.2) is 43.2 Å². The topological polar surface area (TPSA) is 35.5 Å². The first-order valence-electron chi connectivity index (χ1n) is 5.96. The second-order valence-electron chi connectivity index (χ2n) is 4.17. The molecule has 4 heteroatoms. The smallest absolute Gasteiger partial charge is 0.0914 e. The Hall–Kier alpha value is -0.610. The van der Waals surface area contributed by atoms with Gasteiger partial charge in [0.1, 0.15) is 0 Å². The summed E-state index contributed by atoms with van der Waals surface area (Å²) < 4.78 is 0. The number of benzene rings is 1. The average Bonchev–Trinajstić information content (AvgIpc) is 2.34. The Morgan fingerprint density at radius 3 is 2.59 bits per heavy atom. The standard InChI is InChI=1S/C13H21ClN2O/c1-3-16(2)9-8-15-10-13(17)11-4-6-12(14)7-5-11/h4-7,13,15,17H,3,8-10H2,1-2H3. The van der Waals surface area contributed by atoms with Gasteiger partial charge in [0.25, 0.3) is 0 Å². The van der Waals surface area contributed by atoms with Crippen LogP contribution in [0.2, 0.25) is 5.02 Å². The maximum absolute atomic E-state index is 9.91. The fourth-order valence-corrected chi connectivity index (χ4v) is 1.60. The predicted molar refractivity (Wildman–Crippen MR) is 72.5 cm³/mol. The number of hydrogen-bond acceptors (Lipinski definition) is 3. The van der Waals surface area contributed by atoms with Gasteiger partial charge in [0.2, 0.25) is 0 Å². The molecule has 0 spiro atoms. The number of halogens is 1. The minimum atomic E-state index is -0.473. The van der Waals surface area contributed by atoms with Crippen LogP contribution in [0.4, 0.5) is 0 Å². The molecule has 0 radical (unpaired) electrons. The Morgan fingerprint density at radius 2 is 2.00 bits per heavy atom. The fraction of sp³-hybridized carbons (Fsp3) is 0.538. The van der Waals surface area contributed by atoms with E-state index in [2.05, 4.69) is 24.2 Å². The lowest BCUT2D eigenvalue weighted by molar-refractivity contribution is 0.173. The van der Waals surface area contributed by atoms with E-state index in [1.807, 2.05) is 12.1 Å². The van der Waals surface area contributed by atoms with Crippen LogP contribution < -0.4 is 5.32 Å². The quantitative estimate of drug-likeness (QED) is 0.732. The molecule has 0 saturated heterocycles. The van der Waals surface area contributed by atoms with Crippen molar-refractivity contribution in [2.75, 3.05) is 33.2 Å². The van der Waals surface area contributed by atoms with Gasteiger partial charge in [-0.3, -0.25) is 0 Å². The molecule has 1 unspecified atom stereocenters. The Morgan fingerprint density at radius 1 is 1.35 bits per heavy atom. The van der Waals surface area contributed by atoms with Gasteiger partial charge in [0, 0.05) is 24.7 Å². The SMILES string of the molecule is CCN(C)CCNCC(O)c1ccc(Cl)cc1. The third-order valence-electron chi connectivity index (χ3n) is 2.80. The third kappa shape index (κ3) is 5.50. The maximum atomic E-state index is 9.91. The van der Waals surface area contributed by atoms with Crippen molar-refractivity contribution in [3.8, 4) is 0 Å². The first-order valence-corrected chi connectivity index (χ1v) is 6.34. The predicted octanol–water partition coefficient (Wildman–Crippen LogP) is 1.91. The molecule has 1 aromatic rings. The summed E-state index contributed by atoms with van der Waals surface area (Å²) in [6.07, 6.45) is -0.473. The number of rotatable bonds is 7. The highest BCUT2D eigenvalue weighted by atomic mass is 35.5. The van der Waals surface area contributed by atoms with Crippen molar-refractivity contribution in [2.24, 2.45) is 0 Å². The van der Waals surface area contributed by atoms with Gasteiger partial charge in [-0.1, -0.05) is 30.7 Å². The molecule has 1 atom stereocenters. The molecule has 0 heterocycles. The van der Waals surface area contributed by atoms with Crippen LogP contribution in [0.1, 0.15) is 18.6 Å². The van der Waals surface area contributed by atoms with E-state index in [0.717, 1.165) is 25.2 Å². The van der Waals surface area contributed by atoms with Crippen LogP contribution in [0.3, 0.4) is 0 Å². The van der Waals surface area contributed by atoms with E-state index in [1.165, 1.54) is 0 Å². The molecule has 0 aromatic heterocycles. The molecule has 96 valence electrons. The van der Waals surface area contributed by atoms with Crippen LogP contribution in [-0.2, 0) is 0 Å². The van der Waals surface area contributed by atoms with E-state index < -0.39 is 6.10 Å². The van der Waals surface area contributed by atoms with Gasteiger partial charge in [-0.15, -0.1) is 0 Å². The monoisotopic (exact) mass is 256 g/mol. The molecule has 2 N–H and O–H groups in total. The third-order valence-corrected chi connectivity index (χ3v) is 3.05. The second kappa shape index (κ2) is 7.67. The van der Waals surface area contributed by atoms with Crippen molar-refractivity contribution in [1.29, 1.82) is 0 Å². The summed E-state index contributed by atoms with van der Waals surface area (Å²) in [7, 11) is 2.08. The van der Waals surface area contributed by atoms with Gasteiger partial charge in [0.05, 0.1) is 6.10 Å². The van der Waals surface area contributed by atoms with Gasteiger partial charge in [-0.2, -0.15) is 0 Å². The van der Waals surface area contributed by atoms with E-state index >= 15 is 0 Å². The Labute approximate surface area is 108 Å². The highest BCUT2D eigenvalue weighted by Gasteiger charge is 2.06. The van der Waals surface area contributed by atoms with Crippen molar-refractivity contribution < 1.29 is 5.11 Å². The summed E-state index contributed by atoms with van der Waals surface area (Å²) in [5.41, 5.74) is 0.894. The van der Waals surface area contributed by atoms with E-state index in [-0.39, 0.29) is 0 Å². The zero-order valence-electron chi connectivity index (χ0n) is 10.5. The van der Waals surface area contributed by atoms with Crippen LogP contribution >= 0.6 is 11.6 Å². The van der Waals surface area contributed by atoms with Crippen molar-refractivity contribution in [3.63, 3.8) is 0 Å². The molecule has 1 rings (SSSR count). The van der Waals surface area contributed by atoms with Crippen LogP contribution in [0.25, 0.3) is 0 Å². The van der Waals surface area contributed by atoms with E-state index in [1.54, 1.807) is 12.1 Å². The average molecular weight is 257 g/mol. The molecule has 3 nitrogen and oxygen atoms in total. The Kier molecular flexibility index (Phi) is 6.52. The summed E-state index contributed by atoms with van der Waals surface area (Å²) in [5, 5.41) is 13.8. The molecule has 0 aliphatic heterocycles. The lowest BCUT2D eigenvalue weighted by Gasteiger charge is -2.16. The lowest BCUT2D eigenvalue weighted by atomic mass is 10.1. The summed E-state index contributed by atoms with van der Waals surface area (Å²) in [6.45, 7) is 5.61. The van der Waals surface area contributed by atoms with E-state index in [0.29, 0.717) is 11.6 Å². The molecule has 0 aliphatic carbocycles. The summed E-state index contributed by atoms with van der Waals surface area (Å²) >= 11 is 5.79. The zero-order chi connectivity index (χ0) is 12.7. The lowest BCUT2D eigenvalue weighted by Crippen LogP contribution is -2.31. The Bertz CT molecular complexity index is 316. The maximum Gasteiger partial charge on any atom is 0.0914 e. The van der Waals surface area contributed by atoms with Gasteiger partial charge in [-0.25, -0.2) is 0 Å². The molecule has 0 amide bonds. The van der Waals surface area contributed by atoms with Gasteiger partial charge >= 0.3 is 0 Å². The first-order chi connectivity index (χ1) is 8.13. The zero-order valence-corrected chi connectivity index (χ0v) is 11.2. The number of aliphatic hydroxyl groups excluding tert-OH is 1. The van der Waals surface area contributed by atoms with Crippen molar-refractivity contribution in [1.82, 2.24) is 10.2 Å². The molecule has 0 fully saturated rings. The first kappa shape index (κ1) is 14.5. The van der Waals surface area contributed by atoms with Gasteiger partial charge in [0.15, 0.2) is 0 Å². The number of nitrogens with zero attached hydrogens (tertiary/aromatic N) is 1. The fourth-order valence-electron chi connectivity index (χ4n) is 1.47. The molecule has 1 aromatic carbocycles. The molecule has 0 aliphatic rings. The van der Waals surface area contributed by atoms with Crippen LogP contribution in [0, 0.1) is 0 Å². The number of nitrogens with one attached hydrogen (secondary N) is 1. The number of likely N-dealkylation sites (N-methyl/N-ethyl adjacent to an activating group) is 1. The summed E-state index contributed by atoms with van der Waals surface area (Å²) in [6, 6.07) is 7.30. The molecule has 0 saturated carbocycles. The molecule has 17 heavy (non-hydrogen) atoms. The summed E-state index contributed by atoms with van der Waals surface area (Å²) in [5.74, 6) is 0. The molecular formula is C13H21ClN2O. The van der Waals surface area contributed by atoms with Gasteiger partial charge < -0.3 is 15.3 Å². The van der Waals surface area contributed by atoms with E-state index in [9.17, 15) is 5.11 Å². The second-order valence-corrected chi connectivity index (χ2v) is 4.60.